The number of hydrogen-bond acceptors (Lipinski definition) is 4. The molecule has 0 spiro atoms. The van der Waals surface area contributed by atoms with Gasteiger partial charge in [-0.05, 0) is 41.9 Å². The van der Waals surface area contributed by atoms with Crippen molar-refractivity contribution in [1.29, 1.82) is 0 Å². The van der Waals surface area contributed by atoms with E-state index in [0.29, 0.717) is 27.6 Å². The van der Waals surface area contributed by atoms with E-state index in [0.717, 1.165) is 17.0 Å². The average molecular weight is 422 g/mol. The quantitative estimate of drug-likeness (QED) is 0.632. The molecule has 0 aliphatic carbocycles. The van der Waals surface area contributed by atoms with Crippen molar-refractivity contribution >= 4 is 44.8 Å². The predicted molar refractivity (Wildman–Crippen MR) is 98.2 cm³/mol. The van der Waals surface area contributed by atoms with Gasteiger partial charge >= 0.3 is 0 Å². The third-order valence-corrected chi connectivity index (χ3v) is 4.94. The lowest BCUT2D eigenvalue weighted by Crippen LogP contribution is -2.44. The fourth-order valence-corrected chi connectivity index (χ4v) is 3.51. The van der Waals surface area contributed by atoms with Gasteiger partial charge in [0, 0.05) is 6.20 Å². The molecule has 128 valence electrons. The fourth-order valence-electron chi connectivity index (χ4n) is 2.99. The number of benzene rings is 1. The van der Waals surface area contributed by atoms with Crippen molar-refractivity contribution in [2.24, 2.45) is 0 Å². The van der Waals surface area contributed by atoms with E-state index >= 15 is 0 Å². The molecule has 0 bridgehead atoms. The molecule has 1 aliphatic rings. The molecule has 0 saturated heterocycles. The van der Waals surface area contributed by atoms with Gasteiger partial charge < -0.3 is 4.74 Å². The Bertz CT molecular complexity index is 1000. The second-order valence-electron chi connectivity index (χ2n) is 5.85. The van der Waals surface area contributed by atoms with Crippen LogP contribution in [-0.2, 0) is 11.3 Å². The number of fused-ring (bicyclic) bond motifs is 2. The average Bonchev–Trinajstić information content (AvgIpc) is 2.88. The van der Waals surface area contributed by atoms with Crippen LogP contribution in [0.4, 0.5) is 5.69 Å². The van der Waals surface area contributed by atoms with Gasteiger partial charge in [-0.1, -0.05) is 17.7 Å². The summed E-state index contributed by atoms with van der Waals surface area (Å²) in [6.45, 7) is 4.01. The maximum Gasteiger partial charge on any atom is 0.268 e. The van der Waals surface area contributed by atoms with Crippen molar-refractivity contribution in [3.8, 4) is 5.75 Å². The lowest BCUT2D eigenvalue weighted by molar-refractivity contribution is -0.125. The van der Waals surface area contributed by atoms with Crippen molar-refractivity contribution in [2.75, 3.05) is 4.90 Å². The Labute approximate surface area is 157 Å². The second kappa shape index (κ2) is 6.00. The summed E-state index contributed by atoms with van der Waals surface area (Å²) in [5, 5.41) is 0.489. The summed E-state index contributed by atoms with van der Waals surface area (Å²) >= 11 is 9.63. The van der Waals surface area contributed by atoms with Gasteiger partial charge in [0.25, 0.3) is 5.91 Å². The van der Waals surface area contributed by atoms with Crippen LogP contribution in [0.15, 0.2) is 35.2 Å². The number of amides is 1. The molecule has 8 heteroatoms. The number of nitrogens with zero attached hydrogens (tertiary/aromatic N) is 4. The highest BCUT2D eigenvalue weighted by atomic mass is 79.9. The van der Waals surface area contributed by atoms with Crippen molar-refractivity contribution in [1.82, 2.24) is 14.4 Å². The Morgan fingerprint density at radius 1 is 1.40 bits per heavy atom. The molecule has 1 atom stereocenters. The minimum atomic E-state index is -0.597. The number of aryl methyl sites for hydroxylation is 1. The second-order valence-corrected chi connectivity index (χ2v) is 7.07. The summed E-state index contributed by atoms with van der Waals surface area (Å²) in [7, 11) is 0. The molecule has 6 nitrogen and oxygen atoms in total. The Balaban J connectivity index is 1.83. The zero-order valence-corrected chi connectivity index (χ0v) is 15.9. The number of para-hydroxylation sites is 1. The lowest BCUT2D eigenvalue weighted by atomic mass is 10.1. The topological polar surface area (TPSA) is 59.7 Å². The molecule has 0 N–H and O–H groups in total. The van der Waals surface area contributed by atoms with E-state index in [-0.39, 0.29) is 5.91 Å². The highest BCUT2D eigenvalue weighted by Crippen LogP contribution is 2.40. The van der Waals surface area contributed by atoms with Crippen LogP contribution in [0, 0.1) is 6.92 Å². The standard InChI is InChI=1S/C17H14BrClN4O2/c1-9-13(22-8-14(18)20-6-15(22)21-9)7-23-12-5-3-4-11(19)16(12)25-10(2)17(23)24/h3-6,8,10H,7H2,1-2H3/t10-/m1/s1. The van der Waals surface area contributed by atoms with Crippen LogP contribution in [0.25, 0.3) is 5.65 Å². The zero-order chi connectivity index (χ0) is 17.7. The number of aromatic nitrogens is 3. The van der Waals surface area contributed by atoms with Gasteiger partial charge in [-0.2, -0.15) is 0 Å². The predicted octanol–water partition coefficient (Wildman–Crippen LogP) is 3.77. The van der Waals surface area contributed by atoms with E-state index in [4.69, 9.17) is 16.3 Å². The summed E-state index contributed by atoms with van der Waals surface area (Å²) in [4.78, 5) is 23.2. The van der Waals surface area contributed by atoms with E-state index < -0.39 is 6.10 Å². The normalized spacial score (nSPS) is 16.9. The number of imidazole rings is 1. The SMILES string of the molecule is Cc1nc2cnc(Br)cn2c1CN1C(=O)[C@@H](C)Oc2c(Cl)cccc21. The summed E-state index contributed by atoms with van der Waals surface area (Å²) in [5.41, 5.74) is 3.15. The van der Waals surface area contributed by atoms with Gasteiger partial charge in [0.1, 0.15) is 4.60 Å². The first-order valence-corrected chi connectivity index (χ1v) is 8.88. The van der Waals surface area contributed by atoms with Gasteiger partial charge in [-0.25, -0.2) is 9.97 Å². The minimum absolute atomic E-state index is 0.114. The highest BCUT2D eigenvalue weighted by molar-refractivity contribution is 9.10. The molecule has 0 unspecified atom stereocenters. The summed E-state index contributed by atoms with van der Waals surface area (Å²) in [6, 6.07) is 5.40. The molecular formula is C17H14BrClN4O2. The zero-order valence-electron chi connectivity index (χ0n) is 13.5. The fraction of sp³-hybridized carbons (Fsp3) is 0.235. The van der Waals surface area contributed by atoms with Crippen molar-refractivity contribution in [3.63, 3.8) is 0 Å². The third kappa shape index (κ3) is 2.67. The summed E-state index contributed by atoms with van der Waals surface area (Å²) in [5.74, 6) is 0.419. The van der Waals surface area contributed by atoms with Gasteiger partial charge in [-0.3, -0.25) is 14.1 Å². The monoisotopic (exact) mass is 420 g/mol. The number of carbonyl (C=O) groups is 1. The van der Waals surface area contributed by atoms with E-state index in [1.807, 2.05) is 29.7 Å². The van der Waals surface area contributed by atoms with Gasteiger partial charge in [0.15, 0.2) is 17.5 Å². The highest BCUT2D eigenvalue weighted by Gasteiger charge is 2.33. The molecule has 25 heavy (non-hydrogen) atoms. The molecule has 0 saturated carbocycles. The molecule has 1 amide bonds. The molecule has 2 aromatic heterocycles. The van der Waals surface area contributed by atoms with Crippen molar-refractivity contribution in [2.45, 2.75) is 26.5 Å². The Morgan fingerprint density at radius 3 is 3.00 bits per heavy atom. The van der Waals surface area contributed by atoms with E-state index in [1.54, 1.807) is 24.1 Å². The maximum atomic E-state index is 12.7. The third-order valence-electron chi connectivity index (χ3n) is 4.23. The van der Waals surface area contributed by atoms with Crippen LogP contribution < -0.4 is 9.64 Å². The molecular weight excluding hydrogens is 408 g/mol. The molecule has 1 aromatic carbocycles. The first kappa shape index (κ1) is 16.4. The smallest absolute Gasteiger partial charge is 0.268 e. The molecule has 3 heterocycles. The van der Waals surface area contributed by atoms with Crippen molar-refractivity contribution in [3.05, 3.63) is 51.6 Å². The van der Waals surface area contributed by atoms with Gasteiger partial charge in [0.2, 0.25) is 0 Å². The number of carbonyl (C=O) groups excluding carboxylic acids is 1. The van der Waals surface area contributed by atoms with Crippen LogP contribution >= 0.6 is 27.5 Å². The molecule has 1 aliphatic heterocycles. The number of hydrogen-bond donors (Lipinski definition) is 0. The van der Waals surface area contributed by atoms with Gasteiger partial charge in [0.05, 0.1) is 34.8 Å². The summed E-state index contributed by atoms with van der Waals surface area (Å²) in [6.07, 6.45) is 2.94. The number of anilines is 1. The molecule has 3 aromatic rings. The van der Waals surface area contributed by atoms with E-state index in [2.05, 4.69) is 25.9 Å². The lowest BCUT2D eigenvalue weighted by Gasteiger charge is -2.33. The molecule has 0 radical (unpaired) electrons. The summed E-state index contributed by atoms with van der Waals surface area (Å²) < 4.78 is 8.33. The first-order valence-electron chi connectivity index (χ1n) is 7.71. The molecule has 4 rings (SSSR count). The Morgan fingerprint density at radius 2 is 2.20 bits per heavy atom. The number of halogens is 2. The Kier molecular flexibility index (Phi) is 3.92. The van der Waals surface area contributed by atoms with Crippen molar-refractivity contribution < 1.29 is 9.53 Å². The largest absolute Gasteiger partial charge is 0.477 e. The Hall–Kier alpha value is -2.12. The van der Waals surface area contributed by atoms with E-state index in [9.17, 15) is 4.79 Å². The number of rotatable bonds is 2. The van der Waals surface area contributed by atoms with E-state index in [1.165, 1.54) is 0 Å². The van der Waals surface area contributed by atoms with Crippen LogP contribution in [-0.4, -0.2) is 26.4 Å². The van der Waals surface area contributed by atoms with Gasteiger partial charge in [-0.15, -0.1) is 0 Å². The minimum Gasteiger partial charge on any atom is -0.477 e. The first-order chi connectivity index (χ1) is 12.0. The van der Waals surface area contributed by atoms with Crippen LogP contribution in [0.1, 0.15) is 18.3 Å². The number of ether oxygens (including phenoxy) is 1. The van der Waals surface area contributed by atoms with Crippen LogP contribution in [0.2, 0.25) is 5.02 Å². The van der Waals surface area contributed by atoms with Crippen LogP contribution in [0.3, 0.4) is 0 Å². The maximum absolute atomic E-state index is 12.7. The molecule has 0 fully saturated rings. The van der Waals surface area contributed by atoms with Crippen LogP contribution in [0.5, 0.6) is 5.75 Å².